The Kier molecular flexibility index (Phi) is 6.02. The lowest BCUT2D eigenvalue weighted by atomic mass is 10.1. The van der Waals surface area contributed by atoms with Gasteiger partial charge in [-0.15, -0.1) is 0 Å². The average Bonchev–Trinajstić information content (AvgIpc) is 2.51. The molecule has 1 N–H and O–H groups in total. The molecule has 0 spiro atoms. The molecule has 0 saturated heterocycles. The largest absolute Gasteiger partial charge is 0.349 e. The molecular formula is C17H20ClN3O3S. The summed E-state index contributed by atoms with van der Waals surface area (Å²) in [5, 5.41) is 2.96. The second-order valence-corrected chi connectivity index (χ2v) is 8.09. The Morgan fingerprint density at radius 1 is 1.28 bits per heavy atom. The van der Waals surface area contributed by atoms with Crippen LogP contribution >= 0.6 is 11.6 Å². The van der Waals surface area contributed by atoms with Gasteiger partial charge in [-0.25, -0.2) is 8.42 Å². The highest BCUT2D eigenvalue weighted by Crippen LogP contribution is 2.32. The van der Waals surface area contributed by atoms with Crippen LogP contribution in [0, 0.1) is 13.8 Å². The number of amides is 1. The molecular weight excluding hydrogens is 362 g/mol. The Labute approximate surface area is 152 Å². The van der Waals surface area contributed by atoms with Gasteiger partial charge in [0.2, 0.25) is 15.9 Å². The molecule has 1 aromatic carbocycles. The van der Waals surface area contributed by atoms with Crippen LogP contribution in [0.2, 0.25) is 5.02 Å². The Morgan fingerprint density at radius 2 is 2.00 bits per heavy atom. The smallest absolute Gasteiger partial charge is 0.241 e. The van der Waals surface area contributed by atoms with Crippen molar-refractivity contribution in [2.24, 2.45) is 0 Å². The van der Waals surface area contributed by atoms with Crippen LogP contribution in [0.4, 0.5) is 5.69 Å². The van der Waals surface area contributed by atoms with Crippen LogP contribution in [0.3, 0.4) is 0 Å². The summed E-state index contributed by atoms with van der Waals surface area (Å²) in [5.74, 6) is -0.438. The van der Waals surface area contributed by atoms with Gasteiger partial charge >= 0.3 is 0 Å². The quantitative estimate of drug-likeness (QED) is 0.833. The maximum Gasteiger partial charge on any atom is 0.241 e. The van der Waals surface area contributed by atoms with Crippen molar-refractivity contribution in [1.82, 2.24) is 10.3 Å². The van der Waals surface area contributed by atoms with Crippen molar-refractivity contribution in [2.75, 3.05) is 17.1 Å². The third-order valence-corrected chi connectivity index (χ3v) is 4.93. The Bertz CT molecular complexity index is 847. The van der Waals surface area contributed by atoms with E-state index in [1.807, 2.05) is 19.1 Å². The first-order valence-corrected chi connectivity index (χ1v) is 9.82. The second kappa shape index (κ2) is 7.84. The Balaban J connectivity index is 2.21. The zero-order chi connectivity index (χ0) is 18.6. The van der Waals surface area contributed by atoms with Gasteiger partial charge in [0.05, 0.1) is 29.2 Å². The molecule has 0 unspecified atom stereocenters. The number of carbonyl (C=O) groups is 1. The third kappa shape index (κ3) is 5.17. The summed E-state index contributed by atoms with van der Waals surface area (Å²) in [7, 11) is -3.68. The fourth-order valence-corrected chi connectivity index (χ4v) is 3.86. The molecule has 0 aliphatic carbocycles. The molecule has 8 heteroatoms. The molecule has 25 heavy (non-hydrogen) atoms. The first-order chi connectivity index (χ1) is 11.7. The number of halogens is 1. The number of nitrogens with zero attached hydrogens (tertiary/aromatic N) is 2. The number of benzene rings is 1. The normalized spacial score (nSPS) is 11.2. The monoisotopic (exact) mass is 381 g/mol. The van der Waals surface area contributed by atoms with Crippen LogP contribution in [-0.2, 0) is 21.4 Å². The van der Waals surface area contributed by atoms with E-state index in [0.29, 0.717) is 22.0 Å². The maximum atomic E-state index is 12.2. The molecule has 2 aromatic rings. The number of anilines is 1. The number of hydrogen-bond donors (Lipinski definition) is 1. The molecule has 0 fully saturated rings. The van der Waals surface area contributed by atoms with Gasteiger partial charge < -0.3 is 5.32 Å². The van der Waals surface area contributed by atoms with Crippen LogP contribution in [-0.4, -0.2) is 32.1 Å². The fourth-order valence-electron chi connectivity index (χ4n) is 2.46. The molecule has 1 aromatic heterocycles. The number of aromatic nitrogens is 1. The van der Waals surface area contributed by atoms with E-state index < -0.39 is 15.9 Å². The highest BCUT2D eigenvalue weighted by Gasteiger charge is 2.24. The van der Waals surface area contributed by atoms with Gasteiger partial charge in [0.15, 0.2) is 0 Å². The number of pyridine rings is 1. The zero-order valence-electron chi connectivity index (χ0n) is 14.3. The van der Waals surface area contributed by atoms with E-state index in [1.54, 1.807) is 31.3 Å². The minimum absolute atomic E-state index is 0.220. The molecule has 0 atom stereocenters. The minimum atomic E-state index is -3.68. The van der Waals surface area contributed by atoms with E-state index in [2.05, 4.69) is 10.3 Å². The van der Waals surface area contributed by atoms with Gasteiger partial charge in [0.1, 0.15) is 6.54 Å². The summed E-state index contributed by atoms with van der Waals surface area (Å²) < 4.78 is 25.4. The summed E-state index contributed by atoms with van der Waals surface area (Å²) >= 11 is 6.24. The number of carbonyl (C=O) groups excluding carboxylic acids is 1. The maximum absolute atomic E-state index is 12.2. The van der Waals surface area contributed by atoms with Gasteiger partial charge in [-0.1, -0.05) is 23.7 Å². The minimum Gasteiger partial charge on any atom is -0.349 e. The van der Waals surface area contributed by atoms with E-state index in [0.717, 1.165) is 16.1 Å². The van der Waals surface area contributed by atoms with Gasteiger partial charge in [0.25, 0.3) is 0 Å². The third-order valence-electron chi connectivity index (χ3n) is 3.53. The van der Waals surface area contributed by atoms with Crippen molar-refractivity contribution in [1.29, 1.82) is 0 Å². The van der Waals surface area contributed by atoms with Crippen molar-refractivity contribution < 1.29 is 13.2 Å². The molecule has 0 aliphatic rings. The summed E-state index contributed by atoms with van der Waals surface area (Å²) in [4.78, 5) is 16.4. The number of rotatable bonds is 6. The molecule has 134 valence electrons. The second-order valence-electron chi connectivity index (χ2n) is 5.78. The summed E-state index contributed by atoms with van der Waals surface area (Å²) in [6, 6.07) is 8.86. The summed E-state index contributed by atoms with van der Waals surface area (Å²) in [5.41, 5.74) is 2.61. The number of sulfonamides is 1. The molecule has 0 aliphatic heterocycles. The first-order valence-electron chi connectivity index (χ1n) is 7.59. The van der Waals surface area contributed by atoms with Gasteiger partial charge in [-0.3, -0.25) is 14.1 Å². The molecule has 1 amide bonds. The lowest BCUT2D eigenvalue weighted by Gasteiger charge is -2.25. The standard InChI is InChI=1S/C17H20ClN3O3S/c1-12-8-13(2)17(15(18)9-12)21(25(3,23)24)11-16(22)20-10-14-6-4-5-7-19-14/h4-9H,10-11H2,1-3H3,(H,20,22). The van der Waals surface area contributed by atoms with E-state index in [-0.39, 0.29) is 13.1 Å². The van der Waals surface area contributed by atoms with E-state index >= 15 is 0 Å². The van der Waals surface area contributed by atoms with E-state index in [9.17, 15) is 13.2 Å². The van der Waals surface area contributed by atoms with Gasteiger partial charge in [0, 0.05) is 6.20 Å². The van der Waals surface area contributed by atoms with Crippen LogP contribution in [0.1, 0.15) is 16.8 Å². The van der Waals surface area contributed by atoms with Gasteiger partial charge in [-0.2, -0.15) is 0 Å². The molecule has 1 heterocycles. The molecule has 0 radical (unpaired) electrons. The Hall–Kier alpha value is -2.12. The molecule has 6 nitrogen and oxygen atoms in total. The van der Waals surface area contributed by atoms with Crippen LogP contribution in [0.15, 0.2) is 36.5 Å². The Morgan fingerprint density at radius 3 is 2.56 bits per heavy atom. The number of aryl methyl sites for hydroxylation is 2. The van der Waals surface area contributed by atoms with Crippen LogP contribution in [0.5, 0.6) is 0 Å². The van der Waals surface area contributed by atoms with Crippen molar-refractivity contribution in [2.45, 2.75) is 20.4 Å². The van der Waals surface area contributed by atoms with E-state index in [1.165, 1.54) is 0 Å². The average molecular weight is 382 g/mol. The van der Waals surface area contributed by atoms with E-state index in [4.69, 9.17) is 11.6 Å². The summed E-state index contributed by atoms with van der Waals surface area (Å²) in [6.45, 7) is 3.50. The van der Waals surface area contributed by atoms with Crippen molar-refractivity contribution in [3.8, 4) is 0 Å². The van der Waals surface area contributed by atoms with Gasteiger partial charge in [-0.05, 0) is 43.2 Å². The lowest BCUT2D eigenvalue weighted by Crippen LogP contribution is -2.40. The van der Waals surface area contributed by atoms with Crippen molar-refractivity contribution in [3.05, 3.63) is 58.4 Å². The molecule has 0 saturated carbocycles. The predicted molar refractivity (Wildman–Crippen MR) is 99.2 cm³/mol. The highest BCUT2D eigenvalue weighted by molar-refractivity contribution is 7.92. The van der Waals surface area contributed by atoms with Crippen LogP contribution < -0.4 is 9.62 Å². The lowest BCUT2D eigenvalue weighted by molar-refractivity contribution is -0.119. The van der Waals surface area contributed by atoms with Crippen LogP contribution in [0.25, 0.3) is 0 Å². The summed E-state index contributed by atoms with van der Waals surface area (Å²) in [6.07, 6.45) is 2.67. The highest BCUT2D eigenvalue weighted by atomic mass is 35.5. The zero-order valence-corrected chi connectivity index (χ0v) is 15.9. The van der Waals surface area contributed by atoms with Crippen molar-refractivity contribution in [3.63, 3.8) is 0 Å². The fraction of sp³-hybridized carbons (Fsp3) is 0.294. The molecule has 0 bridgehead atoms. The predicted octanol–water partition coefficient (Wildman–Crippen LogP) is 2.43. The molecule has 2 rings (SSSR count). The van der Waals surface area contributed by atoms with Crippen molar-refractivity contribution >= 4 is 33.2 Å². The first kappa shape index (κ1) is 19.2. The number of nitrogens with one attached hydrogen (secondary N) is 1. The SMILES string of the molecule is Cc1cc(C)c(N(CC(=O)NCc2ccccn2)S(C)(=O)=O)c(Cl)c1. The topological polar surface area (TPSA) is 79.4 Å². The number of hydrogen-bond acceptors (Lipinski definition) is 4.